The minimum absolute atomic E-state index is 0.0252. The minimum atomic E-state index is -0.0252. The molecule has 0 fully saturated rings. The van der Waals surface area contributed by atoms with Crippen molar-refractivity contribution in [1.82, 2.24) is 15.0 Å². The summed E-state index contributed by atoms with van der Waals surface area (Å²) in [6, 6.07) is 53.1. The van der Waals surface area contributed by atoms with Gasteiger partial charge in [-0.2, -0.15) is 0 Å². The number of hydrogen-bond acceptors (Lipinski definition) is 3. The lowest BCUT2D eigenvalue weighted by atomic mass is 9.81. The van der Waals surface area contributed by atoms with Crippen LogP contribution in [0.1, 0.15) is 25.0 Å². The molecule has 0 bridgehead atoms. The number of rotatable bonds is 5. The lowest BCUT2D eigenvalue weighted by Crippen LogP contribution is -2.14. The Morgan fingerprint density at radius 2 is 0.800 bits per heavy atom. The molecular formula is C42H31N3. The third-order valence-corrected chi connectivity index (χ3v) is 8.98. The number of nitrogens with zero attached hydrogens (tertiary/aromatic N) is 3. The molecule has 8 rings (SSSR count). The van der Waals surface area contributed by atoms with Gasteiger partial charge >= 0.3 is 0 Å². The van der Waals surface area contributed by atoms with Gasteiger partial charge in [-0.25, -0.2) is 15.0 Å². The van der Waals surface area contributed by atoms with Crippen molar-refractivity contribution in [2.45, 2.75) is 19.3 Å². The molecule has 0 unspecified atom stereocenters. The molecule has 7 aromatic rings. The van der Waals surface area contributed by atoms with E-state index in [-0.39, 0.29) is 5.41 Å². The van der Waals surface area contributed by atoms with Crippen LogP contribution in [0.3, 0.4) is 0 Å². The summed E-state index contributed by atoms with van der Waals surface area (Å²) in [4.78, 5) is 14.9. The molecule has 0 atom stereocenters. The highest BCUT2D eigenvalue weighted by Gasteiger charge is 2.35. The molecule has 0 saturated heterocycles. The lowest BCUT2D eigenvalue weighted by Gasteiger charge is -2.22. The fraction of sp³-hybridized carbons (Fsp3) is 0.0714. The normalized spacial score (nSPS) is 12.8. The first-order chi connectivity index (χ1) is 22.1. The van der Waals surface area contributed by atoms with E-state index < -0.39 is 0 Å². The van der Waals surface area contributed by atoms with E-state index in [1.54, 1.807) is 0 Å². The first-order valence-electron chi connectivity index (χ1n) is 15.4. The van der Waals surface area contributed by atoms with Gasteiger partial charge in [0.2, 0.25) is 0 Å². The molecule has 3 heteroatoms. The highest BCUT2D eigenvalue weighted by molar-refractivity contribution is 5.85. The van der Waals surface area contributed by atoms with E-state index in [4.69, 9.17) is 15.0 Å². The van der Waals surface area contributed by atoms with Crippen molar-refractivity contribution in [3.8, 4) is 67.5 Å². The van der Waals surface area contributed by atoms with Crippen LogP contribution in [-0.2, 0) is 5.41 Å². The molecule has 1 heterocycles. The smallest absolute Gasteiger partial charge is 0.164 e. The second-order valence-electron chi connectivity index (χ2n) is 12.1. The Morgan fingerprint density at radius 1 is 0.333 bits per heavy atom. The second kappa shape index (κ2) is 10.8. The molecule has 1 aliphatic rings. The average Bonchev–Trinajstić information content (AvgIpc) is 3.34. The van der Waals surface area contributed by atoms with E-state index in [0.29, 0.717) is 17.5 Å². The fourth-order valence-electron chi connectivity index (χ4n) is 6.58. The molecule has 0 amide bonds. The van der Waals surface area contributed by atoms with Gasteiger partial charge in [0.25, 0.3) is 0 Å². The number of fused-ring (bicyclic) bond motifs is 3. The van der Waals surface area contributed by atoms with Crippen LogP contribution in [0.2, 0.25) is 0 Å². The average molecular weight is 578 g/mol. The van der Waals surface area contributed by atoms with E-state index in [9.17, 15) is 0 Å². The zero-order valence-corrected chi connectivity index (χ0v) is 25.3. The summed E-state index contributed by atoms with van der Waals surface area (Å²) in [7, 11) is 0. The molecule has 0 spiro atoms. The molecule has 1 aromatic heterocycles. The van der Waals surface area contributed by atoms with Crippen molar-refractivity contribution >= 4 is 0 Å². The fourth-order valence-corrected chi connectivity index (χ4v) is 6.58. The Morgan fingerprint density at radius 3 is 1.44 bits per heavy atom. The molecule has 0 saturated carbocycles. The summed E-state index contributed by atoms with van der Waals surface area (Å²) >= 11 is 0. The van der Waals surface area contributed by atoms with Gasteiger partial charge in [0, 0.05) is 22.1 Å². The zero-order valence-electron chi connectivity index (χ0n) is 25.3. The predicted molar refractivity (Wildman–Crippen MR) is 185 cm³/mol. The van der Waals surface area contributed by atoms with Gasteiger partial charge in [-0.3, -0.25) is 0 Å². The van der Waals surface area contributed by atoms with Crippen LogP contribution in [0, 0.1) is 0 Å². The lowest BCUT2D eigenvalue weighted by molar-refractivity contribution is 0.660. The summed E-state index contributed by atoms with van der Waals surface area (Å²) in [5, 5.41) is 0. The van der Waals surface area contributed by atoms with Crippen molar-refractivity contribution in [2.75, 3.05) is 0 Å². The standard InChI is InChI=1S/C42H31N3/c1-42(2)37-20-12-11-18-34(37)35-26-25-32(27-38(35)42)28-21-23-29(24-22-28)33-17-9-10-19-36(33)41-44-39(30-13-5-3-6-14-30)43-40(45-41)31-15-7-4-8-16-31/h3-27H,1-2H3. The second-order valence-corrected chi connectivity index (χ2v) is 12.1. The number of benzene rings is 6. The van der Waals surface area contributed by atoms with Crippen molar-refractivity contribution in [3.05, 3.63) is 163 Å². The molecular weight excluding hydrogens is 546 g/mol. The third kappa shape index (κ3) is 4.74. The summed E-state index contributed by atoms with van der Waals surface area (Å²) in [5.41, 5.74) is 13.0. The molecule has 6 aromatic carbocycles. The van der Waals surface area contributed by atoms with Gasteiger partial charge in [0.15, 0.2) is 17.5 Å². The van der Waals surface area contributed by atoms with Gasteiger partial charge in [0.1, 0.15) is 0 Å². The summed E-state index contributed by atoms with van der Waals surface area (Å²) in [5.74, 6) is 1.97. The van der Waals surface area contributed by atoms with E-state index >= 15 is 0 Å². The quantitative estimate of drug-likeness (QED) is 0.204. The Hall–Kier alpha value is -5.67. The largest absolute Gasteiger partial charge is 0.208 e. The molecule has 0 N–H and O–H groups in total. The summed E-state index contributed by atoms with van der Waals surface area (Å²) < 4.78 is 0. The van der Waals surface area contributed by atoms with Crippen LogP contribution in [0.15, 0.2) is 152 Å². The van der Waals surface area contributed by atoms with Crippen molar-refractivity contribution < 1.29 is 0 Å². The van der Waals surface area contributed by atoms with Gasteiger partial charge in [-0.1, -0.05) is 159 Å². The van der Waals surface area contributed by atoms with Crippen LogP contribution in [0.4, 0.5) is 0 Å². The molecule has 1 aliphatic carbocycles. The monoisotopic (exact) mass is 577 g/mol. The highest BCUT2D eigenvalue weighted by Crippen LogP contribution is 2.49. The van der Waals surface area contributed by atoms with Gasteiger partial charge in [0.05, 0.1) is 0 Å². The summed E-state index contributed by atoms with van der Waals surface area (Å²) in [6.07, 6.45) is 0. The SMILES string of the molecule is CC1(C)c2ccccc2-c2ccc(-c3ccc(-c4ccccc4-c4nc(-c5ccccc5)nc(-c5ccccc5)n4)cc3)cc21. The van der Waals surface area contributed by atoms with E-state index in [1.165, 1.54) is 33.4 Å². The van der Waals surface area contributed by atoms with Crippen molar-refractivity contribution in [2.24, 2.45) is 0 Å². The van der Waals surface area contributed by atoms with Crippen molar-refractivity contribution in [3.63, 3.8) is 0 Å². The highest BCUT2D eigenvalue weighted by atomic mass is 15.0. The molecule has 3 nitrogen and oxygen atoms in total. The van der Waals surface area contributed by atoms with Gasteiger partial charge in [-0.05, 0) is 50.6 Å². The maximum Gasteiger partial charge on any atom is 0.164 e. The number of aromatic nitrogens is 3. The maximum absolute atomic E-state index is 4.99. The Labute approximate surface area is 264 Å². The summed E-state index contributed by atoms with van der Waals surface area (Å²) in [6.45, 7) is 4.66. The maximum atomic E-state index is 4.99. The molecule has 0 radical (unpaired) electrons. The Bertz CT molecular complexity index is 2110. The van der Waals surface area contributed by atoms with E-state index in [2.05, 4.69) is 98.8 Å². The molecule has 45 heavy (non-hydrogen) atoms. The van der Waals surface area contributed by atoms with Crippen LogP contribution in [0.25, 0.3) is 67.5 Å². The van der Waals surface area contributed by atoms with Crippen LogP contribution in [0.5, 0.6) is 0 Å². The predicted octanol–water partition coefficient (Wildman–Crippen LogP) is 10.5. The number of hydrogen-bond donors (Lipinski definition) is 0. The molecule has 214 valence electrons. The van der Waals surface area contributed by atoms with Crippen LogP contribution < -0.4 is 0 Å². The minimum Gasteiger partial charge on any atom is -0.208 e. The Balaban J connectivity index is 1.19. The zero-order chi connectivity index (χ0) is 30.4. The van der Waals surface area contributed by atoms with Crippen LogP contribution >= 0.6 is 0 Å². The van der Waals surface area contributed by atoms with Gasteiger partial charge in [-0.15, -0.1) is 0 Å². The van der Waals surface area contributed by atoms with Crippen LogP contribution in [-0.4, -0.2) is 15.0 Å². The first-order valence-corrected chi connectivity index (χ1v) is 15.4. The first kappa shape index (κ1) is 26.9. The van der Waals surface area contributed by atoms with E-state index in [1.807, 2.05) is 66.7 Å². The molecule has 0 aliphatic heterocycles. The van der Waals surface area contributed by atoms with Gasteiger partial charge < -0.3 is 0 Å². The van der Waals surface area contributed by atoms with Crippen molar-refractivity contribution in [1.29, 1.82) is 0 Å². The third-order valence-electron chi connectivity index (χ3n) is 8.98. The topological polar surface area (TPSA) is 38.7 Å². The van der Waals surface area contributed by atoms with E-state index in [0.717, 1.165) is 27.8 Å². The Kier molecular flexibility index (Phi) is 6.46.